The van der Waals surface area contributed by atoms with Crippen LogP contribution in [0.15, 0.2) is 47.4 Å². The van der Waals surface area contributed by atoms with Crippen molar-refractivity contribution in [1.82, 2.24) is 4.98 Å². The Morgan fingerprint density at radius 2 is 1.86 bits per heavy atom. The normalized spacial score (nSPS) is 11.5. The molecule has 0 saturated carbocycles. The molecule has 0 atom stereocenters. The lowest BCUT2D eigenvalue weighted by Gasteiger charge is -2.12. The van der Waals surface area contributed by atoms with Crippen LogP contribution in [0.5, 0.6) is 5.75 Å². The number of fused-ring (bicyclic) bond motifs is 1. The summed E-state index contributed by atoms with van der Waals surface area (Å²) in [6.45, 7) is 1.98. The monoisotopic (exact) mass is 333 g/mol. The number of hydrogen-bond donors (Lipinski definition) is 0. The first-order valence-electron chi connectivity index (χ1n) is 6.47. The van der Waals surface area contributed by atoms with Gasteiger partial charge in [-0.25, -0.2) is 8.42 Å². The van der Waals surface area contributed by atoms with Crippen LogP contribution < -0.4 is 4.74 Å². The highest BCUT2D eigenvalue weighted by Gasteiger charge is 2.10. The molecule has 0 aliphatic heterocycles. The number of nitrogens with zero attached hydrogens (tertiary/aromatic N) is 2. The lowest BCUT2D eigenvalue weighted by atomic mass is 10.2. The van der Waals surface area contributed by atoms with Crippen molar-refractivity contribution in [3.05, 3.63) is 52.8 Å². The first-order chi connectivity index (χ1) is 10.5. The van der Waals surface area contributed by atoms with E-state index >= 15 is 0 Å². The van der Waals surface area contributed by atoms with Crippen molar-refractivity contribution in [2.24, 2.45) is 0 Å². The van der Waals surface area contributed by atoms with Gasteiger partial charge in [0.2, 0.25) is 10.0 Å². The lowest BCUT2D eigenvalue weighted by Crippen LogP contribution is -1.97. The molecule has 5 nitrogen and oxygen atoms in total. The minimum Gasteiger partial charge on any atom is -0.497 e. The quantitative estimate of drug-likeness (QED) is 0.723. The standard InChI is InChI=1S/C15H13N2O3S2/c1-10-3-8-13-14(9-10)21-15(16-13)17-22(18,19)12-6-4-11(20-2)5-7-12/h3-9H,1-2H3/q-1. The minimum absolute atomic E-state index is 0.115. The number of benzene rings is 2. The van der Waals surface area contributed by atoms with Gasteiger partial charge in [-0.1, -0.05) is 12.1 Å². The average Bonchev–Trinajstić information content (AvgIpc) is 2.87. The van der Waals surface area contributed by atoms with E-state index in [0.29, 0.717) is 5.75 Å². The number of rotatable bonds is 4. The first kappa shape index (κ1) is 14.8. The largest absolute Gasteiger partial charge is 0.497 e. The molecule has 22 heavy (non-hydrogen) atoms. The van der Waals surface area contributed by atoms with Gasteiger partial charge in [-0.15, -0.1) is 11.3 Å². The molecular weight excluding hydrogens is 320 g/mol. The van der Waals surface area contributed by atoms with Crippen molar-refractivity contribution >= 4 is 36.7 Å². The van der Waals surface area contributed by atoms with Crippen LogP contribution in [-0.2, 0) is 10.0 Å². The van der Waals surface area contributed by atoms with Crippen molar-refractivity contribution in [2.45, 2.75) is 11.8 Å². The van der Waals surface area contributed by atoms with Crippen molar-refractivity contribution in [1.29, 1.82) is 0 Å². The summed E-state index contributed by atoms with van der Waals surface area (Å²) in [6, 6.07) is 11.9. The summed E-state index contributed by atoms with van der Waals surface area (Å²) in [5.41, 5.74) is 1.85. The van der Waals surface area contributed by atoms with Crippen LogP contribution in [-0.4, -0.2) is 20.5 Å². The molecule has 3 aromatic rings. The summed E-state index contributed by atoms with van der Waals surface area (Å²) in [5.74, 6) is 0.592. The van der Waals surface area contributed by atoms with Crippen LogP contribution in [0.1, 0.15) is 5.56 Å². The number of thiazole rings is 1. The van der Waals surface area contributed by atoms with Gasteiger partial charge in [0, 0.05) is 9.83 Å². The molecule has 1 heterocycles. The molecule has 0 fully saturated rings. The third-order valence-electron chi connectivity index (χ3n) is 3.09. The number of sulfonamides is 1. The number of hydrogen-bond acceptors (Lipinski definition) is 5. The fourth-order valence-corrected chi connectivity index (χ4v) is 4.04. The van der Waals surface area contributed by atoms with Crippen molar-refractivity contribution in [2.75, 3.05) is 7.11 Å². The fourth-order valence-electron chi connectivity index (χ4n) is 1.96. The fraction of sp³-hybridized carbons (Fsp3) is 0.133. The predicted octanol–water partition coefficient (Wildman–Crippen LogP) is 4.01. The SMILES string of the molecule is COc1ccc(S(=O)(=O)[N-]c2nc3ccc(C)cc3s2)cc1. The second-order valence-corrected chi connectivity index (χ2v) is 7.32. The van der Waals surface area contributed by atoms with Crippen LogP contribution in [0.2, 0.25) is 0 Å². The molecule has 0 bridgehead atoms. The maximum Gasteiger partial charge on any atom is 0.202 e. The van der Waals surface area contributed by atoms with Crippen LogP contribution in [0.4, 0.5) is 5.13 Å². The Bertz CT molecular complexity index is 916. The van der Waals surface area contributed by atoms with Gasteiger partial charge in [0.15, 0.2) is 0 Å². The Kier molecular flexibility index (Phi) is 3.76. The van der Waals surface area contributed by atoms with Gasteiger partial charge in [0.05, 0.1) is 12.0 Å². The number of methoxy groups -OCH3 is 1. The van der Waals surface area contributed by atoms with Gasteiger partial charge >= 0.3 is 0 Å². The molecule has 114 valence electrons. The molecule has 0 N–H and O–H groups in total. The average molecular weight is 333 g/mol. The van der Waals surface area contributed by atoms with E-state index in [0.717, 1.165) is 15.8 Å². The molecule has 0 spiro atoms. The number of aromatic nitrogens is 1. The zero-order chi connectivity index (χ0) is 15.7. The van der Waals surface area contributed by atoms with Gasteiger partial charge in [-0.2, -0.15) is 0 Å². The van der Waals surface area contributed by atoms with Crippen LogP contribution >= 0.6 is 11.3 Å². The van der Waals surface area contributed by atoms with E-state index in [9.17, 15) is 8.42 Å². The Labute approximate surface area is 132 Å². The summed E-state index contributed by atoms with van der Waals surface area (Å²) < 4.78 is 34.4. The molecule has 1 aromatic heterocycles. The van der Waals surface area contributed by atoms with Crippen molar-refractivity contribution < 1.29 is 13.2 Å². The summed E-state index contributed by atoms with van der Waals surface area (Å²) in [4.78, 5) is 4.36. The van der Waals surface area contributed by atoms with Crippen LogP contribution in [0.3, 0.4) is 0 Å². The topological polar surface area (TPSA) is 70.4 Å². The maximum atomic E-state index is 12.3. The van der Waals surface area contributed by atoms with Crippen molar-refractivity contribution in [3.63, 3.8) is 0 Å². The Balaban J connectivity index is 1.91. The highest BCUT2D eigenvalue weighted by atomic mass is 32.2. The first-order valence-corrected chi connectivity index (χ1v) is 8.73. The van der Waals surface area contributed by atoms with Gasteiger partial charge in [-0.05, 0) is 48.3 Å². The van der Waals surface area contributed by atoms with Crippen molar-refractivity contribution in [3.8, 4) is 5.75 Å². The maximum absolute atomic E-state index is 12.3. The third kappa shape index (κ3) is 2.90. The summed E-state index contributed by atoms with van der Waals surface area (Å²) in [7, 11) is -2.25. The summed E-state index contributed by atoms with van der Waals surface area (Å²) in [6.07, 6.45) is 0. The van der Waals surface area contributed by atoms with E-state index in [2.05, 4.69) is 9.71 Å². The zero-order valence-electron chi connectivity index (χ0n) is 12.0. The second-order valence-electron chi connectivity index (χ2n) is 4.71. The smallest absolute Gasteiger partial charge is 0.202 e. The summed E-state index contributed by atoms with van der Waals surface area (Å²) in [5, 5.41) is 0.233. The van der Waals surface area contributed by atoms with Gasteiger partial charge < -0.3 is 14.4 Å². The van der Waals surface area contributed by atoms with E-state index in [1.54, 1.807) is 12.1 Å². The Hall–Kier alpha value is -2.12. The Morgan fingerprint density at radius 1 is 1.14 bits per heavy atom. The van der Waals surface area contributed by atoms with Crippen LogP contribution in [0, 0.1) is 6.92 Å². The zero-order valence-corrected chi connectivity index (χ0v) is 13.6. The molecule has 0 amide bonds. The molecule has 0 saturated heterocycles. The van der Waals surface area contributed by atoms with Gasteiger partial charge in [-0.3, -0.25) is 0 Å². The molecule has 3 rings (SSSR count). The molecule has 0 radical (unpaired) electrons. The summed E-state index contributed by atoms with van der Waals surface area (Å²) >= 11 is 1.26. The van der Waals surface area contributed by atoms with E-state index in [4.69, 9.17) is 4.74 Å². The highest BCUT2D eigenvalue weighted by molar-refractivity contribution is 7.94. The molecule has 2 aromatic carbocycles. The third-order valence-corrected chi connectivity index (χ3v) is 5.40. The highest BCUT2D eigenvalue weighted by Crippen LogP contribution is 2.35. The molecule has 7 heteroatoms. The van der Waals surface area contributed by atoms with Gasteiger partial charge in [0.1, 0.15) is 5.75 Å². The van der Waals surface area contributed by atoms with Crippen LogP contribution in [0.25, 0.3) is 14.9 Å². The molecule has 0 unspecified atom stereocenters. The molecule has 0 aliphatic carbocycles. The predicted molar refractivity (Wildman–Crippen MR) is 87.6 cm³/mol. The van der Waals surface area contributed by atoms with E-state index in [-0.39, 0.29) is 10.0 Å². The van der Waals surface area contributed by atoms with E-state index in [1.165, 1.54) is 30.6 Å². The molecular formula is C15H13N2O3S2-. The second kappa shape index (κ2) is 5.58. The Morgan fingerprint density at radius 3 is 2.55 bits per heavy atom. The van der Waals surface area contributed by atoms with Gasteiger partial charge in [0.25, 0.3) is 0 Å². The number of ether oxygens (including phenoxy) is 1. The molecule has 0 aliphatic rings. The van der Waals surface area contributed by atoms with E-state index in [1.807, 2.05) is 25.1 Å². The number of aryl methyl sites for hydroxylation is 1. The van der Waals surface area contributed by atoms with E-state index < -0.39 is 10.0 Å². The minimum atomic E-state index is -3.78. The lowest BCUT2D eigenvalue weighted by molar-refractivity contribution is 0.414.